The maximum absolute atomic E-state index is 13.2. The van der Waals surface area contributed by atoms with Crippen LogP contribution >= 0.6 is 0 Å². The quantitative estimate of drug-likeness (QED) is 0.666. The van der Waals surface area contributed by atoms with Gasteiger partial charge >= 0.3 is 0 Å². The topological polar surface area (TPSA) is 68.2 Å². The number of amides is 1. The first-order chi connectivity index (χ1) is 15.2. The van der Waals surface area contributed by atoms with Crippen LogP contribution in [0.1, 0.15) is 22.7 Å². The number of rotatable bonds is 5. The van der Waals surface area contributed by atoms with Crippen molar-refractivity contribution in [3.8, 4) is 17.2 Å². The normalized spacial score (nSPS) is 17.4. The van der Waals surface area contributed by atoms with Gasteiger partial charge in [-0.15, -0.1) is 0 Å². The van der Waals surface area contributed by atoms with Crippen molar-refractivity contribution in [2.45, 2.75) is 12.6 Å². The lowest BCUT2D eigenvalue weighted by Gasteiger charge is -2.27. The average Bonchev–Trinajstić information content (AvgIpc) is 3.38. The Morgan fingerprint density at radius 2 is 1.74 bits per heavy atom. The molecule has 31 heavy (non-hydrogen) atoms. The SMILES string of the molecule is COc1ccc(C2=C(O)C(=O)N(Cc3ccc4c(c3)OCO4)[C@H]2c2ccccc2)cc1. The van der Waals surface area contributed by atoms with Gasteiger partial charge in [-0.05, 0) is 41.0 Å². The fraction of sp³-hybridized carbons (Fsp3) is 0.160. The van der Waals surface area contributed by atoms with E-state index in [1.807, 2.05) is 72.8 Å². The van der Waals surface area contributed by atoms with E-state index in [0.717, 1.165) is 16.7 Å². The van der Waals surface area contributed by atoms with Gasteiger partial charge in [0.25, 0.3) is 5.91 Å². The fourth-order valence-electron chi connectivity index (χ4n) is 4.10. The average molecular weight is 415 g/mol. The number of carbonyl (C=O) groups excluding carboxylic acids is 1. The van der Waals surface area contributed by atoms with Gasteiger partial charge in [0, 0.05) is 12.1 Å². The maximum Gasteiger partial charge on any atom is 0.290 e. The summed E-state index contributed by atoms with van der Waals surface area (Å²) in [5.41, 5.74) is 3.17. The van der Waals surface area contributed by atoms with Gasteiger partial charge in [-0.1, -0.05) is 48.5 Å². The molecule has 156 valence electrons. The highest BCUT2D eigenvalue weighted by Crippen LogP contribution is 2.44. The van der Waals surface area contributed by atoms with E-state index in [4.69, 9.17) is 14.2 Å². The second kappa shape index (κ2) is 7.72. The monoisotopic (exact) mass is 415 g/mol. The molecule has 0 unspecified atom stereocenters. The minimum atomic E-state index is -0.424. The lowest BCUT2D eigenvalue weighted by Crippen LogP contribution is -2.29. The zero-order valence-corrected chi connectivity index (χ0v) is 16.9. The summed E-state index contributed by atoms with van der Waals surface area (Å²) in [5.74, 6) is 1.42. The molecule has 0 radical (unpaired) electrons. The predicted molar refractivity (Wildman–Crippen MR) is 115 cm³/mol. The smallest absolute Gasteiger partial charge is 0.290 e. The second-order valence-corrected chi connectivity index (χ2v) is 7.42. The van der Waals surface area contributed by atoms with E-state index in [2.05, 4.69) is 0 Å². The molecule has 1 amide bonds. The third kappa shape index (κ3) is 3.36. The number of benzene rings is 3. The van der Waals surface area contributed by atoms with Crippen LogP contribution in [0, 0.1) is 0 Å². The van der Waals surface area contributed by atoms with E-state index >= 15 is 0 Å². The molecule has 2 heterocycles. The molecule has 0 aromatic heterocycles. The third-order valence-corrected chi connectivity index (χ3v) is 5.61. The van der Waals surface area contributed by atoms with Gasteiger partial charge in [0.15, 0.2) is 17.3 Å². The summed E-state index contributed by atoms with van der Waals surface area (Å²) in [4.78, 5) is 14.9. The second-order valence-electron chi connectivity index (χ2n) is 7.42. The summed E-state index contributed by atoms with van der Waals surface area (Å²) in [6.45, 7) is 0.511. The van der Waals surface area contributed by atoms with E-state index in [9.17, 15) is 9.90 Å². The molecule has 1 atom stereocenters. The molecule has 3 aromatic rings. The summed E-state index contributed by atoms with van der Waals surface area (Å²) in [7, 11) is 1.60. The van der Waals surface area contributed by atoms with E-state index in [1.165, 1.54) is 0 Å². The minimum Gasteiger partial charge on any atom is -0.503 e. The Labute approximate surface area is 179 Å². The van der Waals surface area contributed by atoms with Crippen LogP contribution in [-0.2, 0) is 11.3 Å². The van der Waals surface area contributed by atoms with Crippen LogP contribution in [0.3, 0.4) is 0 Å². The lowest BCUT2D eigenvalue weighted by atomic mass is 9.93. The Morgan fingerprint density at radius 3 is 2.48 bits per heavy atom. The minimum absolute atomic E-state index is 0.192. The highest BCUT2D eigenvalue weighted by Gasteiger charge is 2.41. The lowest BCUT2D eigenvalue weighted by molar-refractivity contribution is -0.130. The van der Waals surface area contributed by atoms with Crippen molar-refractivity contribution in [3.63, 3.8) is 0 Å². The first-order valence-corrected chi connectivity index (χ1v) is 9.97. The van der Waals surface area contributed by atoms with Crippen LogP contribution in [-0.4, -0.2) is 29.8 Å². The zero-order chi connectivity index (χ0) is 21.4. The van der Waals surface area contributed by atoms with Crippen LogP contribution < -0.4 is 14.2 Å². The van der Waals surface area contributed by atoms with Crippen molar-refractivity contribution in [2.24, 2.45) is 0 Å². The zero-order valence-electron chi connectivity index (χ0n) is 16.9. The molecule has 3 aromatic carbocycles. The van der Waals surface area contributed by atoms with Gasteiger partial charge in [0.05, 0.1) is 13.2 Å². The van der Waals surface area contributed by atoms with Crippen LogP contribution in [0.25, 0.3) is 5.57 Å². The molecular formula is C25H21NO5. The van der Waals surface area contributed by atoms with E-state index in [1.54, 1.807) is 12.0 Å². The number of carbonyl (C=O) groups is 1. The van der Waals surface area contributed by atoms with Crippen molar-refractivity contribution in [3.05, 3.63) is 95.2 Å². The standard InChI is InChI=1S/C25H21NO5/c1-29-19-10-8-17(9-11-19)22-23(18-5-3-2-4-6-18)26(25(28)24(22)27)14-16-7-12-20-21(13-16)31-15-30-20/h2-13,23,27H,14-15H2,1H3/t23-/m0/s1. The summed E-state index contributed by atoms with van der Waals surface area (Å²) in [5, 5.41) is 10.9. The summed E-state index contributed by atoms with van der Waals surface area (Å²) in [6, 6.07) is 22.3. The largest absolute Gasteiger partial charge is 0.503 e. The molecule has 5 rings (SSSR count). The highest BCUT2D eigenvalue weighted by molar-refractivity contribution is 6.05. The summed E-state index contributed by atoms with van der Waals surface area (Å²) >= 11 is 0. The molecular weight excluding hydrogens is 394 g/mol. The third-order valence-electron chi connectivity index (χ3n) is 5.61. The van der Waals surface area contributed by atoms with Crippen molar-refractivity contribution in [1.29, 1.82) is 0 Å². The Kier molecular flexibility index (Phi) is 4.75. The molecule has 6 nitrogen and oxygen atoms in total. The molecule has 6 heteroatoms. The molecule has 2 aliphatic heterocycles. The molecule has 0 fully saturated rings. The van der Waals surface area contributed by atoms with Gasteiger partial charge in [-0.2, -0.15) is 0 Å². The van der Waals surface area contributed by atoms with Crippen molar-refractivity contribution >= 4 is 11.5 Å². The predicted octanol–water partition coefficient (Wildman–Crippen LogP) is 4.48. The number of fused-ring (bicyclic) bond motifs is 1. The van der Waals surface area contributed by atoms with E-state index in [-0.39, 0.29) is 12.6 Å². The summed E-state index contributed by atoms with van der Waals surface area (Å²) in [6.07, 6.45) is 0. The van der Waals surface area contributed by atoms with Crippen molar-refractivity contribution in [1.82, 2.24) is 4.90 Å². The molecule has 0 spiro atoms. The van der Waals surface area contributed by atoms with Gasteiger partial charge in [-0.3, -0.25) is 4.79 Å². The highest BCUT2D eigenvalue weighted by atomic mass is 16.7. The number of methoxy groups -OCH3 is 1. The van der Waals surface area contributed by atoms with Crippen molar-refractivity contribution in [2.75, 3.05) is 13.9 Å². The Morgan fingerprint density at radius 1 is 1.00 bits per heavy atom. The Balaban J connectivity index is 1.55. The molecule has 2 aliphatic rings. The number of aliphatic hydroxyl groups is 1. The van der Waals surface area contributed by atoms with Gasteiger partial charge in [0.2, 0.25) is 6.79 Å². The van der Waals surface area contributed by atoms with Crippen LogP contribution in [0.5, 0.6) is 17.2 Å². The van der Waals surface area contributed by atoms with Gasteiger partial charge < -0.3 is 24.2 Å². The Hall–Kier alpha value is -3.93. The fourth-order valence-corrected chi connectivity index (χ4v) is 4.10. The molecule has 0 saturated heterocycles. The number of hydrogen-bond donors (Lipinski definition) is 1. The maximum atomic E-state index is 13.2. The first-order valence-electron chi connectivity index (χ1n) is 9.97. The molecule has 0 aliphatic carbocycles. The van der Waals surface area contributed by atoms with Crippen LogP contribution in [0.15, 0.2) is 78.6 Å². The van der Waals surface area contributed by atoms with E-state index < -0.39 is 11.9 Å². The Bertz CT molecular complexity index is 1150. The number of hydrogen-bond acceptors (Lipinski definition) is 5. The van der Waals surface area contributed by atoms with Gasteiger partial charge in [-0.25, -0.2) is 0 Å². The van der Waals surface area contributed by atoms with Gasteiger partial charge in [0.1, 0.15) is 5.75 Å². The van der Waals surface area contributed by atoms with Crippen LogP contribution in [0.2, 0.25) is 0 Å². The molecule has 0 saturated carbocycles. The van der Waals surface area contributed by atoms with Crippen molar-refractivity contribution < 1.29 is 24.1 Å². The molecule has 0 bridgehead atoms. The number of nitrogens with zero attached hydrogens (tertiary/aromatic N) is 1. The number of aliphatic hydroxyl groups excluding tert-OH is 1. The first kappa shape index (κ1) is 19.1. The number of ether oxygens (including phenoxy) is 3. The molecule has 1 N–H and O–H groups in total. The van der Waals surface area contributed by atoms with E-state index in [0.29, 0.717) is 29.4 Å². The summed E-state index contributed by atoms with van der Waals surface area (Å²) < 4.78 is 16.1. The van der Waals surface area contributed by atoms with Crippen LogP contribution in [0.4, 0.5) is 0 Å².